The third kappa shape index (κ3) is 2.10. The zero-order valence-electron chi connectivity index (χ0n) is 5.37. The summed E-state index contributed by atoms with van der Waals surface area (Å²) in [7, 11) is 0. The summed E-state index contributed by atoms with van der Waals surface area (Å²) in [4.78, 5) is 0. The number of hydrogen-bond acceptors (Lipinski definition) is 3. The van der Waals surface area contributed by atoms with Crippen LogP contribution in [0.1, 0.15) is 13.3 Å². The summed E-state index contributed by atoms with van der Waals surface area (Å²) in [6.45, 7) is 2.01. The number of halogens is 1. The van der Waals surface area contributed by atoms with Crippen molar-refractivity contribution in [3.8, 4) is 0 Å². The minimum absolute atomic E-state index is 0. The lowest BCUT2D eigenvalue weighted by Gasteiger charge is -2.05. The predicted octanol–water partition coefficient (Wildman–Crippen LogP) is -0.564. The van der Waals surface area contributed by atoms with Crippen LogP contribution < -0.4 is 11.1 Å². The molecule has 0 radical (unpaired) electrons. The summed E-state index contributed by atoms with van der Waals surface area (Å²) >= 11 is 0. The second-order valence-corrected chi connectivity index (χ2v) is 2.41. The van der Waals surface area contributed by atoms with Gasteiger partial charge in [0.05, 0.1) is 0 Å². The third-order valence-corrected chi connectivity index (χ3v) is 1.49. The molecule has 1 heterocycles. The van der Waals surface area contributed by atoms with E-state index >= 15 is 0 Å². The lowest BCUT2D eigenvalue weighted by Crippen LogP contribution is -2.36. The second-order valence-electron chi connectivity index (χ2n) is 2.41. The van der Waals surface area contributed by atoms with Crippen LogP contribution >= 0.6 is 12.4 Å². The molecule has 0 aliphatic carbocycles. The van der Waals surface area contributed by atoms with Gasteiger partial charge in [0.15, 0.2) is 0 Å². The molecule has 56 valence electrons. The van der Waals surface area contributed by atoms with E-state index in [0.717, 1.165) is 6.42 Å². The summed E-state index contributed by atoms with van der Waals surface area (Å²) in [6, 6.07) is 0.310. The van der Waals surface area contributed by atoms with E-state index in [9.17, 15) is 0 Å². The highest BCUT2D eigenvalue weighted by molar-refractivity contribution is 5.85. The highest BCUT2D eigenvalue weighted by Gasteiger charge is 2.25. The Morgan fingerprint density at radius 1 is 1.67 bits per heavy atom. The number of nitrogens with one attached hydrogen (secondary N) is 1. The van der Waals surface area contributed by atoms with Gasteiger partial charge in [0.2, 0.25) is 0 Å². The first kappa shape index (κ1) is 9.17. The molecule has 1 rings (SSSR count). The Morgan fingerprint density at radius 3 is 2.33 bits per heavy atom. The molecule has 0 amide bonds. The van der Waals surface area contributed by atoms with Gasteiger partial charge in [0.1, 0.15) is 6.23 Å². The number of aliphatic hydroxyl groups excluding tert-OH is 1. The summed E-state index contributed by atoms with van der Waals surface area (Å²) in [5.41, 5.74) is 5.46. The molecule has 0 saturated carbocycles. The number of aliphatic hydroxyl groups is 1. The molecule has 1 fully saturated rings. The van der Waals surface area contributed by atoms with Crippen molar-refractivity contribution in [2.45, 2.75) is 31.7 Å². The van der Waals surface area contributed by atoms with Crippen molar-refractivity contribution in [3.05, 3.63) is 0 Å². The number of nitrogens with two attached hydrogens (primary N) is 1. The predicted molar refractivity (Wildman–Crippen MR) is 38.4 cm³/mol. The maximum absolute atomic E-state index is 8.93. The van der Waals surface area contributed by atoms with E-state index in [1.807, 2.05) is 6.92 Å². The molecule has 3 atom stereocenters. The Kier molecular flexibility index (Phi) is 3.43. The molecule has 0 aromatic heterocycles. The Bertz CT molecular complexity index is 81.0. The van der Waals surface area contributed by atoms with Crippen LogP contribution in [0.5, 0.6) is 0 Å². The van der Waals surface area contributed by atoms with Crippen LogP contribution in [0.4, 0.5) is 0 Å². The Balaban J connectivity index is 0.000000640. The Hall–Kier alpha value is 0.170. The highest BCUT2D eigenvalue weighted by atomic mass is 35.5. The molecule has 9 heavy (non-hydrogen) atoms. The summed E-state index contributed by atoms with van der Waals surface area (Å²) in [5, 5.41) is 11.8. The van der Waals surface area contributed by atoms with Crippen molar-refractivity contribution in [1.82, 2.24) is 5.32 Å². The van der Waals surface area contributed by atoms with E-state index in [4.69, 9.17) is 10.8 Å². The van der Waals surface area contributed by atoms with Gasteiger partial charge in [-0.15, -0.1) is 12.4 Å². The van der Waals surface area contributed by atoms with Gasteiger partial charge in [-0.3, -0.25) is 5.32 Å². The lowest BCUT2D eigenvalue weighted by atomic mass is 10.2. The smallest absolute Gasteiger partial charge is 0.120 e. The maximum Gasteiger partial charge on any atom is 0.120 e. The summed E-state index contributed by atoms with van der Waals surface area (Å²) in [6.07, 6.45) is 0.395. The van der Waals surface area contributed by atoms with Crippen molar-refractivity contribution >= 4 is 12.4 Å². The topological polar surface area (TPSA) is 58.3 Å². The summed E-state index contributed by atoms with van der Waals surface area (Å²) in [5.74, 6) is 0. The monoisotopic (exact) mass is 152 g/mol. The quantitative estimate of drug-likeness (QED) is 0.436. The number of hydrogen-bond donors (Lipinski definition) is 3. The fourth-order valence-corrected chi connectivity index (χ4v) is 1.02. The van der Waals surface area contributed by atoms with Gasteiger partial charge < -0.3 is 10.8 Å². The maximum atomic E-state index is 8.93. The minimum atomic E-state index is -0.481. The van der Waals surface area contributed by atoms with Gasteiger partial charge in [-0.25, -0.2) is 0 Å². The van der Waals surface area contributed by atoms with Crippen LogP contribution in [0.2, 0.25) is 0 Å². The Labute approximate surface area is 61.0 Å². The average Bonchev–Trinajstić information content (AvgIpc) is 1.85. The Morgan fingerprint density at radius 2 is 2.22 bits per heavy atom. The molecule has 1 saturated heterocycles. The van der Waals surface area contributed by atoms with Gasteiger partial charge in [-0.05, 0) is 13.3 Å². The molecule has 0 aromatic carbocycles. The molecule has 2 unspecified atom stereocenters. The van der Waals surface area contributed by atoms with E-state index in [1.165, 1.54) is 0 Å². The first-order valence-corrected chi connectivity index (χ1v) is 2.90. The molecule has 0 bridgehead atoms. The SMILES string of the molecule is CC1C[C@H](N)C(O)N1.Cl. The molecule has 1 aliphatic rings. The van der Waals surface area contributed by atoms with Crippen LogP contribution in [0.25, 0.3) is 0 Å². The van der Waals surface area contributed by atoms with Gasteiger partial charge in [-0.2, -0.15) is 0 Å². The van der Waals surface area contributed by atoms with Gasteiger partial charge in [0, 0.05) is 12.1 Å². The average molecular weight is 153 g/mol. The third-order valence-electron chi connectivity index (χ3n) is 1.49. The van der Waals surface area contributed by atoms with Crippen molar-refractivity contribution < 1.29 is 5.11 Å². The van der Waals surface area contributed by atoms with E-state index in [0.29, 0.717) is 6.04 Å². The van der Waals surface area contributed by atoms with Gasteiger partial charge in [0.25, 0.3) is 0 Å². The van der Waals surface area contributed by atoms with Gasteiger partial charge >= 0.3 is 0 Å². The largest absolute Gasteiger partial charge is 0.377 e. The molecule has 4 heteroatoms. The zero-order chi connectivity index (χ0) is 6.15. The zero-order valence-corrected chi connectivity index (χ0v) is 6.19. The fourth-order valence-electron chi connectivity index (χ4n) is 1.02. The van der Waals surface area contributed by atoms with Gasteiger partial charge in [-0.1, -0.05) is 0 Å². The van der Waals surface area contributed by atoms with E-state index in [-0.39, 0.29) is 18.4 Å². The summed E-state index contributed by atoms with van der Waals surface area (Å²) < 4.78 is 0. The van der Waals surface area contributed by atoms with Crippen LogP contribution in [0.15, 0.2) is 0 Å². The molecular formula is C5H13ClN2O. The van der Waals surface area contributed by atoms with Crippen molar-refractivity contribution in [1.29, 1.82) is 0 Å². The molecule has 1 aliphatic heterocycles. The van der Waals surface area contributed by atoms with E-state index in [2.05, 4.69) is 5.32 Å². The lowest BCUT2D eigenvalue weighted by molar-refractivity contribution is 0.140. The van der Waals surface area contributed by atoms with E-state index < -0.39 is 6.23 Å². The van der Waals surface area contributed by atoms with Crippen molar-refractivity contribution in [3.63, 3.8) is 0 Å². The normalized spacial score (nSPS) is 42.3. The second kappa shape index (κ2) is 3.37. The fraction of sp³-hybridized carbons (Fsp3) is 1.00. The minimum Gasteiger partial charge on any atom is -0.377 e. The number of rotatable bonds is 0. The molecular weight excluding hydrogens is 140 g/mol. The molecule has 0 aromatic rings. The standard InChI is InChI=1S/C5H12N2O.ClH/c1-3-2-4(6)5(8)7-3;/h3-5,7-8H,2,6H2,1H3;1H/t3?,4-,5?;/m0./s1. The van der Waals surface area contributed by atoms with Crippen LogP contribution in [-0.4, -0.2) is 23.4 Å². The highest BCUT2D eigenvalue weighted by Crippen LogP contribution is 2.07. The van der Waals surface area contributed by atoms with Crippen LogP contribution in [0.3, 0.4) is 0 Å². The molecule has 3 nitrogen and oxygen atoms in total. The van der Waals surface area contributed by atoms with E-state index in [1.54, 1.807) is 0 Å². The van der Waals surface area contributed by atoms with Crippen LogP contribution in [0, 0.1) is 0 Å². The van der Waals surface area contributed by atoms with Crippen LogP contribution in [-0.2, 0) is 0 Å². The van der Waals surface area contributed by atoms with Crippen molar-refractivity contribution in [2.75, 3.05) is 0 Å². The molecule has 0 spiro atoms. The first-order valence-electron chi connectivity index (χ1n) is 2.90. The van der Waals surface area contributed by atoms with Crippen molar-refractivity contribution in [2.24, 2.45) is 5.73 Å². The first-order chi connectivity index (χ1) is 3.70. The molecule has 4 N–H and O–H groups in total.